The number of fused-ring (bicyclic) bond motifs is 5. The van der Waals surface area contributed by atoms with Gasteiger partial charge < -0.3 is 10.4 Å². The third-order valence-corrected chi connectivity index (χ3v) is 6.70. The Hall–Kier alpha value is -0.0800. The summed E-state index contributed by atoms with van der Waals surface area (Å²) in [5.74, 6) is 3.35. The van der Waals surface area contributed by atoms with Crippen molar-refractivity contribution in [2.45, 2.75) is 69.4 Å². The summed E-state index contributed by atoms with van der Waals surface area (Å²) < 4.78 is 0. The second-order valence-electron chi connectivity index (χ2n) is 7.41. The van der Waals surface area contributed by atoms with Crippen LogP contribution in [0.5, 0.6) is 0 Å². The molecule has 0 spiro atoms. The fraction of sp³-hybridized carbons (Fsp3) is 1.00. The van der Waals surface area contributed by atoms with Crippen LogP contribution in [-0.4, -0.2) is 23.3 Å². The van der Waals surface area contributed by atoms with Gasteiger partial charge in [0.2, 0.25) is 0 Å². The number of rotatable bonds is 1. The lowest BCUT2D eigenvalue weighted by Gasteiger charge is -2.44. The van der Waals surface area contributed by atoms with Gasteiger partial charge in [-0.25, -0.2) is 0 Å². The molecule has 0 aromatic carbocycles. The van der Waals surface area contributed by atoms with E-state index >= 15 is 0 Å². The van der Waals surface area contributed by atoms with Crippen molar-refractivity contribution in [2.24, 2.45) is 23.7 Å². The van der Waals surface area contributed by atoms with Crippen LogP contribution in [0, 0.1) is 23.7 Å². The van der Waals surface area contributed by atoms with Gasteiger partial charge >= 0.3 is 0 Å². The molecule has 4 aliphatic rings. The van der Waals surface area contributed by atoms with E-state index in [-0.39, 0.29) is 5.60 Å². The summed E-state index contributed by atoms with van der Waals surface area (Å²) in [5.41, 5.74) is -0.347. The van der Waals surface area contributed by atoms with Crippen molar-refractivity contribution in [1.82, 2.24) is 5.32 Å². The van der Waals surface area contributed by atoms with Crippen LogP contribution in [0.4, 0.5) is 0 Å². The van der Waals surface area contributed by atoms with Gasteiger partial charge in [-0.15, -0.1) is 0 Å². The molecule has 6 unspecified atom stereocenters. The summed E-state index contributed by atoms with van der Waals surface area (Å²) in [6.07, 6.45) is 11.9. The Morgan fingerprint density at radius 2 is 1.83 bits per heavy atom. The quantitative estimate of drug-likeness (QED) is 0.749. The lowest BCUT2D eigenvalue weighted by Crippen LogP contribution is -2.56. The van der Waals surface area contributed by atoms with Crippen LogP contribution < -0.4 is 5.32 Å². The molecule has 0 aromatic heterocycles. The first-order valence-corrected chi connectivity index (χ1v) is 8.25. The Kier molecular flexibility index (Phi) is 2.74. The molecule has 0 amide bonds. The smallest absolute Gasteiger partial charge is 0.0833 e. The van der Waals surface area contributed by atoms with E-state index in [0.29, 0.717) is 12.0 Å². The topological polar surface area (TPSA) is 32.3 Å². The van der Waals surface area contributed by atoms with E-state index in [2.05, 4.69) is 5.32 Å². The fourth-order valence-corrected chi connectivity index (χ4v) is 6.01. The lowest BCUT2D eigenvalue weighted by atomic mass is 9.69. The molecule has 1 aliphatic heterocycles. The SMILES string of the molecule is OC1(C2CCCCCN2)CC2CC1C1CCCC21. The Morgan fingerprint density at radius 1 is 0.944 bits per heavy atom. The van der Waals surface area contributed by atoms with Crippen molar-refractivity contribution in [3.63, 3.8) is 0 Å². The van der Waals surface area contributed by atoms with E-state index < -0.39 is 0 Å². The predicted octanol–water partition coefficient (Wildman–Crippen LogP) is 2.71. The highest BCUT2D eigenvalue weighted by Crippen LogP contribution is 2.63. The number of nitrogens with one attached hydrogen (secondary N) is 1. The average molecular weight is 249 g/mol. The van der Waals surface area contributed by atoms with Crippen molar-refractivity contribution in [3.8, 4) is 0 Å². The molecule has 4 fully saturated rings. The van der Waals surface area contributed by atoms with E-state index in [9.17, 15) is 5.11 Å². The number of hydrogen-bond donors (Lipinski definition) is 2. The first kappa shape index (κ1) is 11.7. The minimum Gasteiger partial charge on any atom is -0.388 e. The Morgan fingerprint density at radius 3 is 2.78 bits per heavy atom. The summed E-state index contributed by atoms with van der Waals surface area (Å²) in [7, 11) is 0. The summed E-state index contributed by atoms with van der Waals surface area (Å²) in [6, 6.07) is 0.400. The van der Waals surface area contributed by atoms with Gasteiger partial charge in [-0.05, 0) is 68.7 Å². The van der Waals surface area contributed by atoms with Crippen molar-refractivity contribution >= 4 is 0 Å². The van der Waals surface area contributed by atoms with Crippen molar-refractivity contribution in [1.29, 1.82) is 0 Å². The second-order valence-corrected chi connectivity index (χ2v) is 7.41. The van der Waals surface area contributed by atoms with Gasteiger partial charge in [-0.2, -0.15) is 0 Å². The molecule has 0 aromatic rings. The zero-order valence-corrected chi connectivity index (χ0v) is 11.4. The third kappa shape index (κ3) is 1.54. The van der Waals surface area contributed by atoms with Crippen LogP contribution in [0.15, 0.2) is 0 Å². The predicted molar refractivity (Wildman–Crippen MR) is 72.3 cm³/mol. The minimum atomic E-state index is -0.347. The Bertz CT molecular complexity index is 323. The van der Waals surface area contributed by atoms with Gasteiger partial charge in [0.25, 0.3) is 0 Å². The highest BCUT2D eigenvalue weighted by atomic mass is 16.3. The van der Waals surface area contributed by atoms with Crippen LogP contribution in [-0.2, 0) is 0 Å². The average Bonchev–Trinajstić information content (AvgIpc) is 2.95. The summed E-state index contributed by atoms with van der Waals surface area (Å²) >= 11 is 0. The maximum Gasteiger partial charge on any atom is 0.0833 e. The van der Waals surface area contributed by atoms with Crippen molar-refractivity contribution < 1.29 is 5.11 Å². The van der Waals surface area contributed by atoms with E-state index in [4.69, 9.17) is 0 Å². The maximum absolute atomic E-state index is 11.3. The molecule has 102 valence electrons. The third-order valence-electron chi connectivity index (χ3n) is 6.70. The normalized spacial score (nSPS) is 55.5. The van der Waals surface area contributed by atoms with Crippen LogP contribution in [0.1, 0.15) is 57.8 Å². The summed E-state index contributed by atoms with van der Waals surface area (Å²) in [4.78, 5) is 0. The zero-order chi connectivity index (χ0) is 12.2. The highest BCUT2D eigenvalue weighted by Gasteiger charge is 2.62. The van der Waals surface area contributed by atoms with E-state index in [1.54, 1.807) is 0 Å². The van der Waals surface area contributed by atoms with Crippen molar-refractivity contribution in [2.75, 3.05) is 6.54 Å². The van der Waals surface area contributed by atoms with Gasteiger partial charge in [0.1, 0.15) is 0 Å². The molecule has 0 radical (unpaired) electrons. The van der Waals surface area contributed by atoms with Crippen LogP contribution in [0.3, 0.4) is 0 Å². The van der Waals surface area contributed by atoms with E-state index in [1.807, 2.05) is 0 Å². The first-order chi connectivity index (χ1) is 8.79. The largest absolute Gasteiger partial charge is 0.388 e. The van der Waals surface area contributed by atoms with Gasteiger partial charge in [0, 0.05) is 6.04 Å². The maximum atomic E-state index is 11.3. The molecule has 4 rings (SSSR count). The van der Waals surface area contributed by atoms with Gasteiger partial charge in [0.15, 0.2) is 0 Å². The molecule has 2 bridgehead atoms. The second kappa shape index (κ2) is 4.21. The van der Waals surface area contributed by atoms with Crippen molar-refractivity contribution in [3.05, 3.63) is 0 Å². The molecule has 2 heteroatoms. The number of aliphatic hydroxyl groups is 1. The molecule has 2 nitrogen and oxygen atoms in total. The summed E-state index contributed by atoms with van der Waals surface area (Å²) in [6.45, 7) is 1.12. The number of hydrogen-bond acceptors (Lipinski definition) is 2. The molecule has 3 aliphatic carbocycles. The zero-order valence-electron chi connectivity index (χ0n) is 11.4. The Balaban J connectivity index is 1.57. The van der Waals surface area contributed by atoms with Crippen LogP contribution in [0.25, 0.3) is 0 Å². The molecule has 3 saturated carbocycles. The van der Waals surface area contributed by atoms with E-state index in [1.165, 1.54) is 51.4 Å². The fourth-order valence-electron chi connectivity index (χ4n) is 6.01. The summed E-state index contributed by atoms with van der Waals surface area (Å²) in [5, 5.41) is 15.0. The first-order valence-electron chi connectivity index (χ1n) is 8.25. The highest BCUT2D eigenvalue weighted by molar-refractivity contribution is 5.14. The van der Waals surface area contributed by atoms with Gasteiger partial charge in [-0.1, -0.05) is 19.3 Å². The molecule has 1 saturated heterocycles. The van der Waals surface area contributed by atoms with Crippen LogP contribution in [0.2, 0.25) is 0 Å². The monoisotopic (exact) mass is 249 g/mol. The minimum absolute atomic E-state index is 0.347. The lowest BCUT2D eigenvalue weighted by molar-refractivity contribution is -0.0746. The van der Waals surface area contributed by atoms with Gasteiger partial charge in [0.05, 0.1) is 5.60 Å². The molecule has 18 heavy (non-hydrogen) atoms. The van der Waals surface area contributed by atoms with Gasteiger partial charge in [-0.3, -0.25) is 0 Å². The molecular weight excluding hydrogens is 222 g/mol. The standard InChI is InChI=1S/C16H27NO/c18-16(15-7-2-1-3-8-17-15)10-11-9-14(16)13-6-4-5-12(11)13/h11-15,17-18H,1-10H2. The molecule has 2 N–H and O–H groups in total. The Labute approximate surface area is 111 Å². The molecule has 1 heterocycles. The van der Waals surface area contributed by atoms with Crippen LogP contribution >= 0.6 is 0 Å². The molecular formula is C16H27NO. The van der Waals surface area contributed by atoms with E-state index in [0.717, 1.165) is 30.7 Å². The molecule has 6 atom stereocenters.